The molecule has 0 spiro atoms. The molecule has 0 fully saturated rings. The molecule has 4 aromatic carbocycles. The SMILES string of the molecule is O=C(N[C@H]1C2c3ccccc3C(c3ccccc32)[C@@H]1NC(=O)c1cc(O)ccc1O)c1cc(O)ccc1O. The molecule has 2 bridgehead atoms. The second-order valence-electron chi connectivity index (χ2n) is 9.61. The summed E-state index contributed by atoms with van der Waals surface area (Å²) in [5.74, 6) is -2.76. The molecule has 0 saturated heterocycles. The molecule has 6 N–H and O–H groups in total. The fourth-order valence-corrected chi connectivity index (χ4v) is 5.89. The number of hydrogen-bond acceptors (Lipinski definition) is 6. The summed E-state index contributed by atoms with van der Waals surface area (Å²) in [5.41, 5.74) is 3.90. The van der Waals surface area contributed by atoms with E-state index in [4.69, 9.17) is 0 Å². The number of carbonyl (C=O) groups is 2. The van der Waals surface area contributed by atoms with Gasteiger partial charge in [0, 0.05) is 11.8 Å². The van der Waals surface area contributed by atoms with Crippen LogP contribution in [-0.4, -0.2) is 44.3 Å². The minimum absolute atomic E-state index is 0.0938. The van der Waals surface area contributed by atoms with E-state index in [0.29, 0.717) is 0 Å². The fourth-order valence-electron chi connectivity index (χ4n) is 5.89. The molecule has 3 aliphatic rings. The van der Waals surface area contributed by atoms with Crippen LogP contribution in [0.15, 0.2) is 84.9 Å². The van der Waals surface area contributed by atoms with E-state index in [9.17, 15) is 30.0 Å². The topological polar surface area (TPSA) is 139 Å². The van der Waals surface area contributed by atoms with Crippen LogP contribution in [0.3, 0.4) is 0 Å². The molecule has 4 aromatic rings. The summed E-state index contributed by atoms with van der Waals surface area (Å²) in [7, 11) is 0. The lowest BCUT2D eigenvalue weighted by molar-refractivity contribution is 0.0855. The quantitative estimate of drug-likeness (QED) is 0.233. The van der Waals surface area contributed by atoms with Gasteiger partial charge in [0.05, 0.1) is 23.2 Å². The van der Waals surface area contributed by atoms with Gasteiger partial charge in [-0.15, -0.1) is 0 Å². The van der Waals surface area contributed by atoms with Crippen molar-refractivity contribution in [1.82, 2.24) is 10.6 Å². The first-order valence-electron chi connectivity index (χ1n) is 12.2. The first-order valence-corrected chi connectivity index (χ1v) is 12.2. The number of amides is 2. The molecule has 3 aliphatic carbocycles. The Morgan fingerprint density at radius 3 is 1.21 bits per heavy atom. The minimum atomic E-state index is -0.637. The second kappa shape index (κ2) is 8.85. The number of benzene rings is 4. The average molecular weight is 509 g/mol. The Hall–Kier alpha value is -4.98. The third-order valence-corrected chi connectivity index (χ3v) is 7.48. The first-order chi connectivity index (χ1) is 18.3. The van der Waals surface area contributed by atoms with E-state index in [1.54, 1.807) is 0 Å². The van der Waals surface area contributed by atoms with Gasteiger partial charge >= 0.3 is 0 Å². The molecule has 0 heterocycles. The largest absolute Gasteiger partial charge is 0.508 e. The van der Waals surface area contributed by atoms with E-state index < -0.39 is 23.9 Å². The molecule has 0 unspecified atom stereocenters. The molecular formula is C30H24N2O6. The predicted molar refractivity (Wildman–Crippen MR) is 139 cm³/mol. The van der Waals surface area contributed by atoms with Gasteiger partial charge in [-0.3, -0.25) is 9.59 Å². The van der Waals surface area contributed by atoms with Crippen LogP contribution in [0.1, 0.15) is 54.8 Å². The second-order valence-corrected chi connectivity index (χ2v) is 9.61. The lowest BCUT2D eigenvalue weighted by atomic mass is 9.59. The summed E-state index contributed by atoms with van der Waals surface area (Å²) < 4.78 is 0. The molecular weight excluding hydrogens is 484 g/mol. The zero-order valence-electron chi connectivity index (χ0n) is 20.0. The van der Waals surface area contributed by atoms with Gasteiger partial charge in [-0.25, -0.2) is 0 Å². The molecule has 0 aromatic heterocycles. The Balaban J connectivity index is 1.47. The number of hydrogen-bond donors (Lipinski definition) is 6. The zero-order valence-corrected chi connectivity index (χ0v) is 20.0. The van der Waals surface area contributed by atoms with Crippen molar-refractivity contribution in [2.75, 3.05) is 0 Å². The summed E-state index contributed by atoms with van der Waals surface area (Å²) in [6.07, 6.45) is 0. The van der Waals surface area contributed by atoms with Crippen LogP contribution < -0.4 is 10.6 Å². The Morgan fingerprint density at radius 1 is 0.526 bits per heavy atom. The van der Waals surface area contributed by atoms with E-state index >= 15 is 0 Å². The van der Waals surface area contributed by atoms with Crippen molar-refractivity contribution >= 4 is 11.8 Å². The highest BCUT2D eigenvalue weighted by Crippen LogP contribution is 2.53. The van der Waals surface area contributed by atoms with Gasteiger partial charge in [0.15, 0.2) is 0 Å². The van der Waals surface area contributed by atoms with Crippen LogP contribution in [0.2, 0.25) is 0 Å². The first kappa shape index (κ1) is 23.4. The Bertz CT molecular complexity index is 1430. The molecule has 8 nitrogen and oxygen atoms in total. The van der Waals surface area contributed by atoms with Crippen molar-refractivity contribution < 1.29 is 30.0 Å². The maximum Gasteiger partial charge on any atom is 0.255 e. The van der Waals surface area contributed by atoms with E-state index in [0.717, 1.165) is 22.3 Å². The zero-order chi connectivity index (χ0) is 26.6. The minimum Gasteiger partial charge on any atom is -0.508 e. The monoisotopic (exact) mass is 508 g/mol. The fraction of sp³-hybridized carbons (Fsp3) is 0.133. The number of phenols is 4. The molecule has 2 atom stereocenters. The highest BCUT2D eigenvalue weighted by atomic mass is 16.3. The van der Waals surface area contributed by atoms with Gasteiger partial charge in [-0.2, -0.15) is 0 Å². The highest BCUT2D eigenvalue weighted by Gasteiger charge is 2.51. The van der Waals surface area contributed by atoms with Crippen LogP contribution in [0.25, 0.3) is 0 Å². The van der Waals surface area contributed by atoms with Crippen molar-refractivity contribution in [1.29, 1.82) is 0 Å². The third-order valence-electron chi connectivity index (χ3n) is 7.48. The lowest BCUT2D eigenvalue weighted by Gasteiger charge is -2.51. The van der Waals surface area contributed by atoms with Crippen LogP contribution in [0, 0.1) is 0 Å². The van der Waals surface area contributed by atoms with Crippen molar-refractivity contribution in [3.63, 3.8) is 0 Å². The molecule has 0 radical (unpaired) electrons. The van der Waals surface area contributed by atoms with Gasteiger partial charge in [-0.1, -0.05) is 48.5 Å². The van der Waals surface area contributed by atoms with Gasteiger partial charge in [0.2, 0.25) is 0 Å². The van der Waals surface area contributed by atoms with E-state index in [2.05, 4.69) is 10.6 Å². The van der Waals surface area contributed by atoms with Crippen LogP contribution in [0.5, 0.6) is 23.0 Å². The van der Waals surface area contributed by atoms with E-state index in [-0.39, 0.29) is 46.0 Å². The summed E-state index contributed by atoms with van der Waals surface area (Å²) in [4.78, 5) is 26.8. The van der Waals surface area contributed by atoms with Crippen molar-refractivity contribution in [3.05, 3.63) is 118 Å². The average Bonchev–Trinajstić information content (AvgIpc) is 2.92. The van der Waals surface area contributed by atoms with Gasteiger partial charge < -0.3 is 31.1 Å². The van der Waals surface area contributed by atoms with E-state index in [1.807, 2.05) is 48.5 Å². The highest BCUT2D eigenvalue weighted by molar-refractivity contribution is 5.99. The number of rotatable bonds is 4. The molecule has 8 heteroatoms. The maximum atomic E-state index is 13.4. The molecule has 0 saturated carbocycles. The van der Waals surface area contributed by atoms with Crippen LogP contribution >= 0.6 is 0 Å². The number of phenolic OH excluding ortho intramolecular Hbond substituents is 4. The van der Waals surface area contributed by atoms with Crippen molar-refractivity contribution in [2.45, 2.75) is 23.9 Å². The van der Waals surface area contributed by atoms with Crippen molar-refractivity contribution in [2.24, 2.45) is 0 Å². The Morgan fingerprint density at radius 2 is 0.868 bits per heavy atom. The lowest BCUT2D eigenvalue weighted by Crippen LogP contribution is -2.61. The maximum absolute atomic E-state index is 13.4. The van der Waals surface area contributed by atoms with Crippen LogP contribution in [-0.2, 0) is 0 Å². The molecule has 38 heavy (non-hydrogen) atoms. The molecule has 2 amide bonds. The summed E-state index contributed by atoms with van der Waals surface area (Å²) in [6.45, 7) is 0. The van der Waals surface area contributed by atoms with E-state index in [1.165, 1.54) is 36.4 Å². The molecule has 0 aliphatic heterocycles. The van der Waals surface area contributed by atoms with Gasteiger partial charge in [0.25, 0.3) is 11.8 Å². The number of carbonyl (C=O) groups excluding carboxylic acids is 2. The number of nitrogens with one attached hydrogen (secondary N) is 2. The molecule has 7 rings (SSSR count). The standard InChI is InChI=1S/C30H24N2O6/c33-15-9-11-23(35)21(13-15)29(37)31-27-25-17-5-1-2-6-18(17)26(20-8-4-3-7-19(20)25)28(27)32-30(38)22-14-16(34)10-12-24(22)36/h1-14,25-28,33-36H,(H,31,37)(H,32,38)/t25?,26?,27-,28-/m0/s1. The summed E-state index contributed by atoms with van der Waals surface area (Å²) in [6, 6.07) is 21.9. The molecule has 190 valence electrons. The summed E-state index contributed by atoms with van der Waals surface area (Å²) >= 11 is 0. The number of aromatic hydroxyl groups is 4. The van der Waals surface area contributed by atoms with Gasteiger partial charge in [-0.05, 0) is 58.7 Å². The smallest absolute Gasteiger partial charge is 0.255 e. The number of fused-ring (bicyclic) bond motifs is 1. The Labute approximate surface area is 217 Å². The normalized spacial score (nSPS) is 20.7. The summed E-state index contributed by atoms with van der Waals surface area (Å²) in [5, 5.41) is 46.5. The van der Waals surface area contributed by atoms with Crippen LogP contribution in [0.4, 0.5) is 0 Å². The van der Waals surface area contributed by atoms with Crippen molar-refractivity contribution in [3.8, 4) is 23.0 Å². The third kappa shape index (κ3) is 3.69. The Kier molecular flexibility index (Phi) is 5.45. The predicted octanol–water partition coefficient (Wildman–Crippen LogP) is 3.70. The van der Waals surface area contributed by atoms with Gasteiger partial charge in [0.1, 0.15) is 23.0 Å².